The lowest BCUT2D eigenvalue weighted by Gasteiger charge is -2.04. The lowest BCUT2D eigenvalue weighted by molar-refractivity contribution is 1.13. The fraction of sp³-hybridized carbons (Fsp3) is 0.250. The number of hydrogen-bond acceptors (Lipinski definition) is 1. The number of fused-ring (bicyclic) bond motifs is 1. The van der Waals surface area contributed by atoms with Crippen LogP contribution >= 0.6 is 22.6 Å². The molecule has 0 saturated heterocycles. The first-order valence-electron chi connectivity index (χ1n) is 4.65. The lowest BCUT2D eigenvalue weighted by Crippen LogP contribution is -1.93. The summed E-state index contributed by atoms with van der Waals surface area (Å²) < 4.78 is 0.474. The molecule has 1 aromatic rings. The molecule has 1 aromatic heterocycles. The van der Waals surface area contributed by atoms with E-state index in [1.165, 1.54) is 11.1 Å². The predicted molar refractivity (Wildman–Crippen MR) is 69.6 cm³/mol. The van der Waals surface area contributed by atoms with E-state index in [0.717, 1.165) is 11.4 Å². The molecule has 0 radical (unpaired) electrons. The Labute approximate surface area is 98.1 Å². The van der Waals surface area contributed by atoms with Crippen LogP contribution in [0.3, 0.4) is 0 Å². The molecule has 14 heavy (non-hydrogen) atoms. The molecule has 1 atom stereocenters. The summed E-state index contributed by atoms with van der Waals surface area (Å²) in [6.45, 7) is 4.16. The number of nitrogens with zero attached hydrogens (tertiary/aromatic N) is 1. The molecule has 1 unspecified atom stereocenters. The molecule has 0 amide bonds. The van der Waals surface area contributed by atoms with Crippen molar-refractivity contribution < 1.29 is 0 Å². The van der Waals surface area contributed by atoms with Crippen LogP contribution in [-0.4, -0.2) is 8.91 Å². The molecule has 2 rings (SSSR count). The second-order valence-electron chi connectivity index (χ2n) is 3.53. The van der Waals surface area contributed by atoms with Crippen LogP contribution in [0.5, 0.6) is 0 Å². The average molecular weight is 297 g/mol. The molecule has 0 saturated carbocycles. The number of halogens is 1. The van der Waals surface area contributed by atoms with E-state index >= 15 is 0 Å². The van der Waals surface area contributed by atoms with Crippen LogP contribution in [0.25, 0.3) is 12.2 Å². The third-order valence-electron chi connectivity index (χ3n) is 2.42. The summed E-state index contributed by atoms with van der Waals surface area (Å²) in [5.74, 6) is 0. The second-order valence-corrected chi connectivity index (χ2v) is 4.97. The fourth-order valence-corrected chi connectivity index (χ4v) is 1.87. The van der Waals surface area contributed by atoms with Crippen LogP contribution in [0.2, 0.25) is 0 Å². The van der Waals surface area contributed by atoms with Crippen molar-refractivity contribution in [2.45, 2.75) is 17.8 Å². The summed E-state index contributed by atoms with van der Waals surface area (Å²) in [4.78, 5) is 4.57. The molecule has 0 aliphatic heterocycles. The molecule has 1 aliphatic rings. The van der Waals surface area contributed by atoms with E-state index in [-0.39, 0.29) is 0 Å². The van der Waals surface area contributed by atoms with Gasteiger partial charge in [-0.1, -0.05) is 40.8 Å². The van der Waals surface area contributed by atoms with Crippen molar-refractivity contribution in [3.8, 4) is 0 Å². The Balaban J connectivity index is 2.58. The summed E-state index contributed by atoms with van der Waals surface area (Å²) in [6.07, 6.45) is 8.63. The van der Waals surface area contributed by atoms with Gasteiger partial charge in [-0.2, -0.15) is 0 Å². The molecule has 1 aliphatic carbocycles. The van der Waals surface area contributed by atoms with Gasteiger partial charge in [0, 0.05) is 15.2 Å². The van der Waals surface area contributed by atoms with E-state index in [9.17, 15) is 0 Å². The van der Waals surface area contributed by atoms with Crippen molar-refractivity contribution in [1.82, 2.24) is 4.98 Å². The summed E-state index contributed by atoms with van der Waals surface area (Å²) in [5.41, 5.74) is 4.69. The summed E-state index contributed by atoms with van der Waals surface area (Å²) in [7, 11) is 0. The van der Waals surface area contributed by atoms with Crippen molar-refractivity contribution in [3.63, 3.8) is 0 Å². The van der Waals surface area contributed by atoms with Crippen molar-refractivity contribution in [1.29, 1.82) is 0 Å². The fourth-order valence-electron chi connectivity index (χ4n) is 1.45. The second kappa shape index (κ2) is 3.85. The van der Waals surface area contributed by atoms with E-state index in [1.54, 1.807) is 0 Å². The number of pyridine rings is 1. The molecule has 0 aromatic carbocycles. The molecule has 1 nitrogen and oxygen atoms in total. The van der Waals surface area contributed by atoms with E-state index in [4.69, 9.17) is 0 Å². The maximum atomic E-state index is 4.57. The van der Waals surface area contributed by atoms with E-state index < -0.39 is 0 Å². The summed E-state index contributed by atoms with van der Waals surface area (Å²) in [6, 6.07) is 2.20. The third kappa shape index (κ3) is 1.90. The molecule has 2 heteroatoms. The Bertz CT molecular complexity index is 380. The maximum absolute atomic E-state index is 4.57. The first-order chi connectivity index (χ1) is 6.66. The highest BCUT2D eigenvalue weighted by Crippen LogP contribution is 2.20. The van der Waals surface area contributed by atoms with Crippen molar-refractivity contribution in [2.24, 2.45) is 0 Å². The quantitative estimate of drug-likeness (QED) is 0.527. The molecule has 0 N–H and O–H groups in total. The van der Waals surface area contributed by atoms with Gasteiger partial charge in [0.15, 0.2) is 0 Å². The van der Waals surface area contributed by atoms with E-state index in [1.807, 2.05) is 0 Å². The maximum Gasteiger partial charge on any atom is 0.0702 e. The molecule has 0 fully saturated rings. The smallest absolute Gasteiger partial charge is 0.0702 e. The van der Waals surface area contributed by atoms with Gasteiger partial charge in [0.25, 0.3) is 0 Å². The van der Waals surface area contributed by atoms with Gasteiger partial charge >= 0.3 is 0 Å². The largest absolute Gasteiger partial charge is 0.253 e. The van der Waals surface area contributed by atoms with Gasteiger partial charge < -0.3 is 0 Å². The number of alkyl halides is 1. The zero-order valence-corrected chi connectivity index (χ0v) is 10.4. The first-order valence-corrected chi connectivity index (χ1v) is 5.90. The predicted octanol–water partition coefficient (Wildman–Crippen LogP) is 3.54. The van der Waals surface area contributed by atoms with E-state index in [2.05, 4.69) is 71.8 Å². The Morgan fingerprint density at radius 1 is 1.21 bits per heavy atom. The normalized spacial score (nSPS) is 19.2. The minimum absolute atomic E-state index is 0.474. The summed E-state index contributed by atoms with van der Waals surface area (Å²) in [5, 5.41) is 0. The van der Waals surface area contributed by atoms with Gasteiger partial charge in [0.2, 0.25) is 0 Å². The standard InChI is InChI=1S/C12H12IN/c1-8-7-10-3-4-11(13)5-6-12(10)14-9(8)2/h3-7,11H,1-2H3. The average Bonchev–Trinajstić information content (AvgIpc) is 2.31. The minimum atomic E-state index is 0.474. The van der Waals surface area contributed by atoms with Crippen LogP contribution in [0.15, 0.2) is 18.2 Å². The highest BCUT2D eigenvalue weighted by atomic mass is 127. The van der Waals surface area contributed by atoms with Crippen LogP contribution in [0.1, 0.15) is 22.5 Å². The van der Waals surface area contributed by atoms with Gasteiger partial charge in [0.05, 0.1) is 5.69 Å². The number of aromatic nitrogens is 1. The first kappa shape index (κ1) is 9.90. The van der Waals surface area contributed by atoms with E-state index in [0.29, 0.717) is 3.92 Å². The Kier molecular flexibility index (Phi) is 2.72. The molecular formula is C12H12IN. The summed E-state index contributed by atoms with van der Waals surface area (Å²) >= 11 is 2.40. The molecular weight excluding hydrogens is 285 g/mol. The van der Waals surface area contributed by atoms with Gasteiger partial charge in [0.1, 0.15) is 0 Å². The zero-order valence-electron chi connectivity index (χ0n) is 8.29. The van der Waals surface area contributed by atoms with Crippen molar-refractivity contribution in [3.05, 3.63) is 40.7 Å². The zero-order chi connectivity index (χ0) is 10.1. The van der Waals surface area contributed by atoms with Crippen molar-refractivity contribution in [2.75, 3.05) is 0 Å². The van der Waals surface area contributed by atoms with Crippen LogP contribution in [-0.2, 0) is 0 Å². The van der Waals surface area contributed by atoms with Crippen LogP contribution in [0.4, 0.5) is 0 Å². The lowest BCUT2D eigenvalue weighted by atomic mass is 10.1. The number of rotatable bonds is 0. The highest BCUT2D eigenvalue weighted by molar-refractivity contribution is 14.1. The Morgan fingerprint density at radius 2 is 1.93 bits per heavy atom. The van der Waals surface area contributed by atoms with Crippen molar-refractivity contribution >= 4 is 34.7 Å². The number of hydrogen-bond donors (Lipinski definition) is 0. The topological polar surface area (TPSA) is 12.9 Å². The number of aryl methyl sites for hydroxylation is 2. The molecule has 72 valence electrons. The van der Waals surface area contributed by atoms with Gasteiger partial charge in [-0.05, 0) is 31.6 Å². The highest BCUT2D eigenvalue weighted by Gasteiger charge is 2.06. The minimum Gasteiger partial charge on any atom is -0.253 e. The monoisotopic (exact) mass is 297 g/mol. The molecule has 1 heterocycles. The van der Waals surface area contributed by atoms with Gasteiger partial charge in [-0.25, -0.2) is 0 Å². The SMILES string of the molecule is Cc1cc2c(nc1C)C=CC(I)C=C2. The Hall–Kier alpha value is -0.640. The Morgan fingerprint density at radius 3 is 2.71 bits per heavy atom. The third-order valence-corrected chi connectivity index (χ3v) is 3.25. The van der Waals surface area contributed by atoms with Crippen LogP contribution in [0, 0.1) is 13.8 Å². The molecule has 0 bridgehead atoms. The number of allylic oxidation sites excluding steroid dienone is 2. The van der Waals surface area contributed by atoms with Gasteiger partial charge in [-0.15, -0.1) is 0 Å². The van der Waals surface area contributed by atoms with Crippen LogP contribution < -0.4 is 0 Å². The van der Waals surface area contributed by atoms with Gasteiger partial charge in [-0.3, -0.25) is 4.98 Å². The molecule has 0 spiro atoms.